The zero-order valence-corrected chi connectivity index (χ0v) is 9.75. The lowest BCUT2D eigenvalue weighted by molar-refractivity contribution is 0.0958. The third kappa shape index (κ3) is 3.20. The van der Waals surface area contributed by atoms with Crippen molar-refractivity contribution in [3.8, 4) is 0 Å². The van der Waals surface area contributed by atoms with Gasteiger partial charge in [-0.25, -0.2) is 8.42 Å². The lowest BCUT2D eigenvalue weighted by Crippen LogP contribution is -2.23. The summed E-state index contributed by atoms with van der Waals surface area (Å²) in [5.74, 6) is -0.314. The van der Waals surface area contributed by atoms with Crippen molar-refractivity contribution in [1.29, 1.82) is 0 Å². The number of sulfone groups is 1. The van der Waals surface area contributed by atoms with Crippen LogP contribution in [0.25, 0.3) is 0 Å². The zero-order valence-electron chi connectivity index (χ0n) is 8.93. The second kappa shape index (κ2) is 4.94. The third-order valence-corrected chi connectivity index (χ3v) is 3.04. The van der Waals surface area contributed by atoms with E-state index in [9.17, 15) is 13.2 Å². The van der Waals surface area contributed by atoms with E-state index in [1.807, 2.05) is 0 Å². The minimum absolute atomic E-state index is 0.138. The highest BCUT2D eigenvalue weighted by atomic mass is 32.2. The molecule has 86 valence electrons. The second-order valence-corrected chi connectivity index (χ2v) is 5.31. The topological polar surface area (TPSA) is 63.2 Å². The first-order valence-electron chi connectivity index (χ1n) is 4.64. The van der Waals surface area contributed by atoms with E-state index in [-0.39, 0.29) is 10.8 Å². The molecule has 0 aliphatic heterocycles. The molecule has 0 aliphatic carbocycles. The minimum Gasteiger partial charge on any atom is -0.349 e. The SMILES string of the molecule is C=CCNC(=O)c1cccc(S(C)(=O)=O)c1. The predicted octanol–water partition coefficient (Wildman–Crippen LogP) is 1.01. The molecule has 5 heteroatoms. The number of amides is 1. The molecule has 0 fully saturated rings. The van der Waals surface area contributed by atoms with Gasteiger partial charge in [-0.3, -0.25) is 4.79 Å². The Morgan fingerprint density at radius 2 is 2.19 bits per heavy atom. The molecular formula is C11H13NO3S. The first kappa shape index (κ1) is 12.4. The van der Waals surface area contributed by atoms with E-state index >= 15 is 0 Å². The van der Waals surface area contributed by atoms with Gasteiger partial charge in [0.05, 0.1) is 4.90 Å². The van der Waals surface area contributed by atoms with Crippen molar-refractivity contribution in [3.63, 3.8) is 0 Å². The maximum absolute atomic E-state index is 11.5. The molecule has 0 bridgehead atoms. The lowest BCUT2D eigenvalue weighted by Gasteiger charge is -2.04. The van der Waals surface area contributed by atoms with Gasteiger partial charge in [-0.1, -0.05) is 12.1 Å². The van der Waals surface area contributed by atoms with Crippen molar-refractivity contribution < 1.29 is 13.2 Å². The summed E-state index contributed by atoms with van der Waals surface area (Å²) in [4.78, 5) is 11.7. The molecule has 1 rings (SSSR count). The summed E-state index contributed by atoms with van der Waals surface area (Å²) in [7, 11) is -3.28. The van der Waals surface area contributed by atoms with E-state index in [4.69, 9.17) is 0 Å². The van der Waals surface area contributed by atoms with Crippen molar-refractivity contribution >= 4 is 15.7 Å². The molecule has 0 unspecified atom stereocenters. The first-order chi connectivity index (χ1) is 7.45. The average molecular weight is 239 g/mol. The molecule has 0 aliphatic rings. The molecule has 0 heterocycles. The summed E-state index contributed by atoms with van der Waals surface area (Å²) in [5.41, 5.74) is 0.324. The van der Waals surface area contributed by atoms with Crippen LogP contribution in [-0.4, -0.2) is 27.1 Å². The smallest absolute Gasteiger partial charge is 0.251 e. The van der Waals surface area contributed by atoms with Crippen LogP contribution >= 0.6 is 0 Å². The van der Waals surface area contributed by atoms with Crippen molar-refractivity contribution in [2.24, 2.45) is 0 Å². The van der Waals surface area contributed by atoms with E-state index < -0.39 is 9.84 Å². The van der Waals surface area contributed by atoms with Crippen LogP contribution in [-0.2, 0) is 9.84 Å². The van der Waals surface area contributed by atoms with Gasteiger partial charge in [0, 0.05) is 18.4 Å². The Morgan fingerprint density at radius 1 is 1.50 bits per heavy atom. The number of carbonyl (C=O) groups excluding carboxylic acids is 1. The summed E-state index contributed by atoms with van der Waals surface area (Å²) in [6.07, 6.45) is 2.66. The fourth-order valence-electron chi connectivity index (χ4n) is 1.13. The Kier molecular flexibility index (Phi) is 3.84. The van der Waals surface area contributed by atoms with E-state index in [1.54, 1.807) is 18.2 Å². The number of hydrogen-bond donors (Lipinski definition) is 1. The Bertz CT molecular complexity index is 506. The van der Waals surface area contributed by atoms with E-state index in [1.165, 1.54) is 12.1 Å². The van der Waals surface area contributed by atoms with E-state index in [0.717, 1.165) is 6.26 Å². The lowest BCUT2D eigenvalue weighted by atomic mass is 10.2. The van der Waals surface area contributed by atoms with Gasteiger partial charge in [-0.2, -0.15) is 0 Å². The fourth-order valence-corrected chi connectivity index (χ4v) is 1.80. The Balaban J connectivity index is 2.99. The molecule has 1 aromatic rings. The Labute approximate surface area is 94.9 Å². The zero-order chi connectivity index (χ0) is 12.2. The molecule has 16 heavy (non-hydrogen) atoms. The number of rotatable bonds is 4. The van der Waals surface area contributed by atoms with Crippen LogP contribution in [0.5, 0.6) is 0 Å². The van der Waals surface area contributed by atoms with Crippen molar-refractivity contribution in [1.82, 2.24) is 5.32 Å². The van der Waals surface area contributed by atoms with Gasteiger partial charge in [-0.05, 0) is 18.2 Å². The maximum atomic E-state index is 11.5. The van der Waals surface area contributed by atoms with Gasteiger partial charge in [0.25, 0.3) is 5.91 Å². The van der Waals surface area contributed by atoms with Gasteiger partial charge in [-0.15, -0.1) is 6.58 Å². The van der Waals surface area contributed by atoms with Gasteiger partial charge in [0.1, 0.15) is 0 Å². The summed E-state index contributed by atoms with van der Waals surface area (Å²) < 4.78 is 22.5. The van der Waals surface area contributed by atoms with Crippen molar-refractivity contribution in [2.45, 2.75) is 4.90 Å². The quantitative estimate of drug-likeness (QED) is 0.797. The van der Waals surface area contributed by atoms with Crippen LogP contribution in [0.2, 0.25) is 0 Å². The van der Waals surface area contributed by atoms with Crippen LogP contribution < -0.4 is 5.32 Å². The Morgan fingerprint density at radius 3 is 2.75 bits per heavy atom. The number of nitrogens with one attached hydrogen (secondary N) is 1. The number of hydrogen-bond acceptors (Lipinski definition) is 3. The van der Waals surface area contributed by atoms with Crippen LogP contribution in [0.15, 0.2) is 41.8 Å². The van der Waals surface area contributed by atoms with Gasteiger partial charge in [0.15, 0.2) is 9.84 Å². The van der Waals surface area contributed by atoms with Crippen LogP contribution in [0.1, 0.15) is 10.4 Å². The number of carbonyl (C=O) groups is 1. The van der Waals surface area contributed by atoms with Gasteiger partial charge >= 0.3 is 0 Å². The third-order valence-electron chi connectivity index (χ3n) is 1.93. The highest BCUT2D eigenvalue weighted by Crippen LogP contribution is 2.11. The van der Waals surface area contributed by atoms with Crippen LogP contribution in [0.4, 0.5) is 0 Å². The highest BCUT2D eigenvalue weighted by molar-refractivity contribution is 7.90. The molecule has 0 atom stereocenters. The van der Waals surface area contributed by atoms with Crippen molar-refractivity contribution in [3.05, 3.63) is 42.5 Å². The van der Waals surface area contributed by atoms with E-state index in [2.05, 4.69) is 11.9 Å². The summed E-state index contributed by atoms with van der Waals surface area (Å²) in [6.45, 7) is 3.82. The largest absolute Gasteiger partial charge is 0.349 e. The molecule has 0 spiro atoms. The summed E-state index contributed by atoms with van der Waals surface area (Å²) >= 11 is 0. The van der Waals surface area contributed by atoms with Crippen LogP contribution in [0.3, 0.4) is 0 Å². The van der Waals surface area contributed by atoms with Crippen LogP contribution in [0, 0.1) is 0 Å². The average Bonchev–Trinajstić information content (AvgIpc) is 2.25. The molecule has 1 N–H and O–H groups in total. The molecule has 0 radical (unpaired) electrons. The molecule has 1 amide bonds. The monoisotopic (exact) mass is 239 g/mol. The normalized spacial score (nSPS) is 10.8. The maximum Gasteiger partial charge on any atom is 0.251 e. The predicted molar refractivity (Wildman–Crippen MR) is 62.1 cm³/mol. The highest BCUT2D eigenvalue weighted by Gasteiger charge is 2.10. The molecule has 1 aromatic carbocycles. The molecule has 0 saturated heterocycles. The number of benzene rings is 1. The Hall–Kier alpha value is -1.62. The fraction of sp³-hybridized carbons (Fsp3) is 0.182. The van der Waals surface area contributed by atoms with Crippen molar-refractivity contribution in [2.75, 3.05) is 12.8 Å². The molecular weight excluding hydrogens is 226 g/mol. The molecule has 0 aromatic heterocycles. The van der Waals surface area contributed by atoms with Gasteiger partial charge in [0.2, 0.25) is 0 Å². The molecule has 4 nitrogen and oxygen atoms in total. The summed E-state index contributed by atoms with van der Waals surface area (Å²) in [5, 5.41) is 2.58. The standard InChI is InChI=1S/C11H13NO3S/c1-3-7-12-11(13)9-5-4-6-10(8-9)16(2,14)15/h3-6,8H,1,7H2,2H3,(H,12,13). The minimum atomic E-state index is -3.28. The van der Waals surface area contributed by atoms with Gasteiger partial charge < -0.3 is 5.32 Å². The second-order valence-electron chi connectivity index (χ2n) is 3.30. The van der Waals surface area contributed by atoms with E-state index in [0.29, 0.717) is 12.1 Å². The summed E-state index contributed by atoms with van der Waals surface area (Å²) in [6, 6.07) is 5.92. The molecule has 0 saturated carbocycles. The first-order valence-corrected chi connectivity index (χ1v) is 6.53.